The number of hydrogen-bond donors (Lipinski definition) is 3. The van der Waals surface area contributed by atoms with Crippen molar-refractivity contribution >= 4 is 60.6 Å². The minimum absolute atomic E-state index is 0.0127. The number of anilines is 3. The van der Waals surface area contributed by atoms with Gasteiger partial charge in [0.25, 0.3) is 10.0 Å². The van der Waals surface area contributed by atoms with E-state index in [4.69, 9.17) is 12.2 Å². The Labute approximate surface area is 176 Å². The molecule has 0 spiro atoms. The van der Waals surface area contributed by atoms with Gasteiger partial charge in [0, 0.05) is 22.6 Å². The summed E-state index contributed by atoms with van der Waals surface area (Å²) < 4.78 is 28.0. The first-order valence-electron chi connectivity index (χ1n) is 8.07. The van der Waals surface area contributed by atoms with Crippen LogP contribution in [0, 0.1) is 6.92 Å². The van der Waals surface area contributed by atoms with Gasteiger partial charge < -0.3 is 10.6 Å². The Bertz CT molecular complexity index is 1090. The number of aryl methyl sites for hydroxylation is 1. The minimum atomic E-state index is -3.77. The fourth-order valence-electron chi connectivity index (χ4n) is 2.25. The predicted octanol–water partition coefficient (Wildman–Crippen LogP) is 4.16. The molecule has 0 aliphatic carbocycles. The third-order valence-corrected chi connectivity index (χ3v) is 5.79. The first-order chi connectivity index (χ1) is 13.3. The molecule has 28 heavy (non-hydrogen) atoms. The zero-order valence-corrected chi connectivity index (χ0v) is 17.9. The first kappa shape index (κ1) is 20.2. The summed E-state index contributed by atoms with van der Waals surface area (Å²) in [4.78, 5) is 7.80. The minimum Gasteiger partial charge on any atom is -0.332 e. The Balaban J connectivity index is 1.66. The van der Waals surface area contributed by atoms with Gasteiger partial charge in [0.1, 0.15) is 0 Å². The number of hydrogen-bond acceptors (Lipinski definition) is 5. The summed E-state index contributed by atoms with van der Waals surface area (Å²) in [5, 5.41) is 6.50. The summed E-state index contributed by atoms with van der Waals surface area (Å²) in [6.45, 7) is 2.00. The zero-order chi connectivity index (χ0) is 20.1. The lowest BCUT2D eigenvalue weighted by Gasteiger charge is -2.13. The van der Waals surface area contributed by atoms with Gasteiger partial charge in [0.2, 0.25) is 5.95 Å². The predicted molar refractivity (Wildman–Crippen MR) is 118 cm³/mol. The molecule has 0 saturated carbocycles. The molecule has 0 atom stereocenters. The molecule has 0 unspecified atom stereocenters. The lowest BCUT2D eigenvalue weighted by atomic mass is 10.2. The summed E-state index contributed by atoms with van der Waals surface area (Å²) in [6, 6.07) is 13.7. The number of sulfonamides is 1. The van der Waals surface area contributed by atoms with Crippen LogP contribution in [0.5, 0.6) is 0 Å². The molecule has 0 amide bonds. The van der Waals surface area contributed by atoms with Crippen LogP contribution in [0.15, 0.2) is 70.3 Å². The molecule has 144 valence electrons. The maximum atomic E-state index is 12.4. The summed E-state index contributed by atoms with van der Waals surface area (Å²) in [5.74, 6) is 0.0127. The summed E-state index contributed by atoms with van der Waals surface area (Å²) in [6.07, 6.45) is 2.91. The number of rotatable bonds is 5. The van der Waals surface area contributed by atoms with Crippen LogP contribution in [0.3, 0.4) is 0 Å². The van der Waals surface area contributed by atoms with Gasteiger partial charge in [-0.15, -0.1) is 0 Å². The van der Waals surface area contributed by atoms with Gasteiger partial charge in [-0.3, -0.25) is 0 Å². The summed E-state index contributed by atoms with van der Waals surface area (Å²) in [5.41, 5.74) is 2.60. The van der Waals surface area contributed by atoms with E-state index in [1.165, 1.54) is 24.5 Å². The normalized spacial score (nSPS) is 10.9. The van der Waals surface area contributed by atoms with Crippen molar-refractivity contribution in [2.75, 3.05) is 15.4 Å². The third kappa shape index (κ3) is 5.24. The van der Waals surface area contributed by atoms with Gasteiger partial charge in [0.15, 0.2) is 5.11 Å². The second kappa shape index (κ2) is 8.63. The lowest BCUT2D eigenvalue weighted by molar-refractivity contribution is 0.601. The van der Waals surface area contributed by atoms with Gasteiger partial charge in [-0.1, -0.05) is 6.07 Å². The molecule has 3 aromatic rings. The highest BCUT2D eigenvalue weighted by Gasteiger charge is 2.15. The molecule has 10 heteroatoms. The standard InChI is InChI=1S/C18H16BrN5O2S2/c1-12-3-8-16(15(19)11-12)23-18(27)22-13-4-6-14(7-5-13)28(25,26)24-17-20-9-2-10-21-17/h2-11H,1H3,(H,20,21,24)(H2,22,23,27). The van der Waals surface area contributed by atoms with Gasteiger partial charge in [-0.25, -0.2) is 23.1 Å². The summed E-state index contributed by atoms with van der Waals surface area (Å²) >= 11 is 8.80. The van der Waals surface area contributed by atoms with Gasteiger partial charge in [0.05, 0.1) is 10.6 Å². The van der Waals surface area contributed by atoms with Crippen LogP contribution in [-0.4, -0.2) is 23.5 Å². The van der Waals surface area contributed by atoms with Crippen LogP contribution < -0.4 is 15.4 Å². The van der Waals surface area contributed by atoms with Gasteiger partial charge in [-0.2, -0.15) is 0 Å². The van der Waals surface area contributed by atoms with Gasteiger partial charge >= 0.3 is 0 Å². The number of nitrogens with zero attached hydrogens (tertiary/aromatic N) is 2. The van der Waals surface area contributed by atoms with Crippen molar-refractivity contribution in [3.63, 3.8) is 0 Å². The SMILES string of the molecule is Cc1ccc(NC(=S)Nc2ccc(S(=O)(=O)Nc3ncccn3)cc2)c(Br)c1. The first-order valence-corrected chi connectivity index (χ1v) is 10.8. The Kier molecular flexibility index (Phi) is 6.22. The molecule has 1 heterocycles. The Morgan fingerprint density at radius 3 is 2.36 bits per heavy atom. The summed E-state index contributed by atoms with van der Waals surface area (Å²) in [7, 11) is -3.77. The van der Waals surface area contributed by atoms with Crippen LogP contribution in [-0.2, 0) is 10.0 Å². The number of thiocarbonyl (C=S) groups is 1. The zero-order valence-electron chi connectivity index (χ0n) is 14.7. The van der Waals surface area contributed by atoms with E-state index in [2.05, 4.69) is 41.3 Å². The van der Waals surface area contributed by atoms with Crippen molar-refractivity contribution in [3.8, 4) is 0 Å². The van der Waals surface area contributed by atoms with E-state index in [1.807, 2.05) is 25.1 Å². The average molecular weight is 478 g/mol. The molecule has 1 aromatic heterocycles. The van der Waals surface area contributed by atoms with E-state index >= 15 is 0 Å². The Hall–Kier alpha value is -2.56. The van der Waals surface area contributed by atoms with Crippen molar-refractivity contribution in [2.24, 2.45) is 0 Å². The van der Waals surface area contributed by atoms with Crippen molar-refractivity contribution in [2.45, 2.75) is 11.8 Å². The van der Waals surface area contributed by atoms with E-state index < -0.39 is 10.0 Å². The molecule has 7 nitrogen and oxygen atoms in total. The molecular formula is C18H16BrN5O2S2. The number of halogens is 1. The molecule has 0 fully saturated rings. The second-order valence-corrected chi connectivity index (χ2v) is 8.71. The smallest absolute Gasteiger partial charge is 0.264 e. The van der Waals surface area contributed by atoms with E-state index in [0.717, 1.165) is 15.7 Å². The number of benzene rings is 2. The highest BCUT2D eigenvalue weighted by Crippen LogP contribution is 2.24. The van der Waals surface area contributed by atoms with Crippen LogP contribution >= 0.6 is 28.1 Å². The average Bonchev–Trinajstić information content (AvgIpc) is 2.65. The fraction of sp³-hybridized carbons (Fsp3) is 0.0556. The molecule has 3 rings (SSSR count). The highest BCUT2D eigenvalue weighted by atomic mass is 79.9. The van der Waals surface area contributed by atoms with E-state index in [0.29, 0.717) is 10.8 Å². The van der Waals surface area contributed by atoms with E-state index in [1.54, 1.807) is 18.2 Å². The number of nitrogens with one attached hydrogen (secondary N) is 3. The molecule has 2 aromatic carbocycles. The van der Waals surface area contributed by atoms with Crippen LogP contribution in [0.2, 0.25) is 0 Å². The lowest BCUT2D eigenvalue weighted by Crippen LogP contribution is -2.19. The molecule has 3 N–H and O–H groups in total. The molecular weight excluding hydrogens is 462 g/mol. The monoisotopic (exact) mass is 477 g/mol. The number of aromatic nitrogens is 2. The maximum Gasteiger partial charge on any atom is 0.264 e. The maximum absolute atomic E-state index is 12.4. The third-order valence-electron chi connectivity index (χ3n) is 3.59. The molecule has 0 aliphatic rings. The van der Waals surface area contributed by atoms with Crippen molar-refractivity contribution in [1.29, 1.82) is 0 Å². The fourth-order valence-corrected chi connectivity index (χ4v) is 4.03. The Morgan fingerprint density at radius 2 is 1.71 bits per heavy atom. The van der Waals surface area contributed by atoms with E-state index in [-0.39, 0.29) is 10.8 Å². The van der Waals surface area contributed by atoms with Crippen molar-refractivity contribution in [3.05, 3.63) is 71.0 Å². The molecule has 0 saturated heterocycles. The van der Waals surface area contributed by atoms with Crippen LogP contribution in [0.1, 0.15) is 5.56 Å². The quantitative estimate of drug-likeness (QED) is 0.474. The second-order valence-electron chi connectivity index (χ2n) is 5.76. The molecule has 0 radical (unpaired) electrons. The largest absolute Gasteiger partial charge is 0.332 e. The Morgan fingerprint density at radius 1 is 1.04 bits per heavy atom. The van der Waals surface area contributed by atoms with Crippen molar-refractivity contribution in [1.82, 2.24) is 9.97 Å². The molecule has 0 aliphatic heterocycles. The van der Waals surface area contributed by atoms with Crippen molar-refractivity contribution < 1.29 is 8.42 Å². The molecule has 0 bridgehead atoms. The van der Waals surface area contributed by atoms with E-state index in [9.17, 15) is 8.42 Å². The van der Waals surface area contributed by atoms with Crippen LogP contribution in [0.4, 0.5) is 17.3 Å². The van der Waals surface area contributed by atoms with Gasteiger partial charge in [-0.05, 0) is 83.1 Å². The highest BCUT2D eigenvalue weighted by molar-refractivity contribution is 9.10. The topological polar surface area (TPSA) is 96.0 Å². The van der Waals surface area contributed by atoms with Crippen LogP contribution in [0.25, 0.3) is 0 Å².